The number of hydrogen-bond donors (Lipinski definition) is 2. The first-order valence-corrected chi connectivity index (χ1v) is 6.82. The van der Waals surface area contributed by atoms with Gasteiger partial charge in [-0.1, -0.05) is 18.2 Å². The summed E-state index contributed by atoms with van der Waals surface area (Å²) in [5.74, 6) is 7.25. The molecule has 0 amide bonds. The molecule has 0 saturated heterocycles. The number of nitrogens with two attached hydrogens (primary N) is 1. The molecule has 0 aliphatic rings. The molecule has 0 radical (unpaired) electrons. The Hall–Kier alpha value is -2.37. The van der Waals surface area contributed by atoms with Gasteiger partial charge < -0.3 is 9.84 Å². The summed E-state index contributed by atoms with van der Waals surface area (Å²) < 4.78 is 5.37. The SMILES string of the molecule is CN(Cc1ccco1)Cc1cc2ccccc2nc1NN. The summed E-state index contributed by atoms with van der Waals surface area (Å²) in [4.78, 5) is 6.72. The lowest BCUT2D eigenvalue weighted by Gasteiger charge is -2.17. The standard InChI is InChI=1S/C16H18N4O/c1-20(11-14-6-4-8-21-14)10-13-9-12-5-2-3-7-15(12)18-16(13)19-17/h2-9H,10-11,17H2,1H3,(H,18,19). The minimum atomic E-state index is 0.708. The van der Waals surface area contributed by atoms with Crippen molar-refractivity contribution >= 4 is 16.7 Å². The van der Waals surface area contributed by atoms with Crippen LogP contribution in [0.2, 0.25) is 0 Å². The summed E-state index contributed by atoms with van der Waals surface area (Å²) in [6.45, 7) is 1.47. The fourth-order valence-corrected chi connectivity index (χ4v) is 2.42. The van der Waals surface area contributed by atoms with Gasteiger partial charge in [0.1, 0.15) is 11.6 Å². The second kappa shape index (κ2) is 5.95. The third kappa shape index (κ3) is 3.04. The minimum absolute atomic E-state index is 0.708. The third-order valence-electron chi connectivity index (χ3n) is 3.39. The summed E-state index contributed by atoms with van der Waals surface area (Å²) in [5.41, 5.74) is 4.68. The molecule has 0 spiro atoms. The van der Waals surface area contributed by atoms with Crippen molar-refractivity contribution in [2.75, 3.05) is 12.5 Å². The zero-order chi connectivity index (χ0) is 14.7. The van der Waals surface area contributed by atoms with Gasteiger partial charge in [0, 0.05) is 17.5 Å². The van der Waals surface area contributed by atoms with Crippen LogP contribution in [-0.4, -0.2) is 16.9 Å². The van der Waals surface area contributed by atoms with Crippen LogP contribution in [0, 0.1) is 0 Å². The minimum Gasteiger partial charge on any atom is -0.468 e. The molecule has 108 valence electrons. The third-order valence-corrected chi connectivity index (χ3v) is 3.39. The second-order valence-corrected chi connectivity index (χ2v) is 5.08. The van der Waals surface area contributed by atoms with Crippen molar-refractivity contribution in [3.05, 3.63) is 60.1 Å². The number of furan rings is 1. The van der Waals surface area contributed by atoms with Crippen LogP contribution in [0.1, 0.15) is 11.3 Å². The lowest BCUT2D eigenvalue weighted by Crippen LogP contribution is -2.19. The first-order valence-electron chi connectivity index (χ1n) is 6.82. The highest BCUT2D eigenvalue weighted by Gasteiger charge is 2.10. The number of rotatable bonds is 5. The van der Waals surface area contributed by atoms with Crippen molar-refractivity contribution < 1.29 is 4.42 Å². The Labute approximate surface area is 123 Å². The molecule has 21 heavy (non-hydrogen) atoms. The molecule has 3 aromatic rings. The van der Waals surface area contributed by atoms with Gasteiger partial charge in [-0.3, -0.25) is 4.90 Å². The van der Waals surface area contributed by atoms with Crippen LogP contribution in [0.15, 0.2) is 53.1 Å². The van der Waals surface area contributed by atoms with E-state index in [1.54, 1.807) is 6.26 Å². The number of anilines is 1. The summed E-state index contributed by atoms with van der Waals surface area (Å²) in [6.07, 6.45) is 1.69. The first kappa shape index (κ1) is 13.6. The van der Waals surface area contributed by atoms with Crippen LogP contribution in [0.5, 0.6) is 0 Å². The van der Waals surface area contributed by atoms with E-state index >= 15 is 0 Å². The zero-order valence-corrected chi connectivity index (χ0v) is 11.9. The molecule has 5 heteroatoms. The number of nitrogens with one attached hydrogen (secondary N) is 1. The maximum atomic E-state index is 5.60. The van der Waals surface area contributed by atoms with Crippen LogP contribution in [0.3, 0.4) is 0 Å². The molecule has 3 N–H and O–H groups in total. The Balaban J connectivity index is 1.84. The summed E-state index contributed by atoms with van der Waals surface area (Å²) in [5, 5.41) is 1.11. The van der Waals surface area contributed by atoms with Gasteiger partial charge in [-0.15, -0.1) is 0 Å². The number of nitrogen functional groups attached to an aromatic ring is 1. The smallest absolute Gasteiger partial charge is 0.145 e. The van der Waals surface area contributed by atoms with E-state index in [4.69, 9.17) is 10.3 Å². The highest BCUT2D eigenvalue weighted by molar-refractivity contribution is 5.81. The largest absolute Gasteiger partial charge is 0.468 e. The van der Waals surface area contributed by atoms with Gasteiger partial charge in [0.25, 0.3) is 0 Å². The predicted molar refractivity (Wildman–Crippen MR) is 83.4 cm³/mol. The van der Waals surface area contributed by atoms with E-state index in [1.807, 2.05) is 37.4 Å². The van der Waals surface area contributed by atoms with Crippen molar-refractivity contribution in [2.45, 2.75) is 13.1 Å². The maximum Gasteiger partial charge on any atom is 0.145 e. The molecule has 5 nitrogen and oxygen atoms in total. The molecule has 0 aliphatic carbocycles. The molecular formula is C16H18N4O. The van der Waals surface area contributed by atoms with Crippen molar-refractivity contribution in [3.8, 4) is 0 Å². The van der Waals surface area contributed by atoms with E-state index in [0.29, 0.717) is 5.82 Å². The van der Waals surface area contributed by atoms with Crippen molar-refractivity contribution in [3.63, 3.8) is 0 Å². The zero-order valence-electron chi connectivity index (χ0n) is 11.9. The van der Waals surface area contributed by atoms with Crippen LogP contribution >= 0.6 is 0 Å². The van der Waals surface area contributed by atoms with Gasteiger partial charge in [-0.25, -0.2) is 10.8 Å². The number of hydrazine groups is 1. The molecule has 0 unspecified atom stereocenters. The van der Waals surface area contributed by atoms with Crippen LogP contribution in [0.25, 0.3) is 10.9 Å². The Kier molecular flexibility index (Phi) is 3.85. The van der Waals surface area contributed by atoms with Crippen LogP contribution < -0.4 is 11.3 Å². The maximum absolute atomic E-state index is 5.60. The van der Waals surface area contributed by atoms with E-state index in [2.05, 4.69) is 27.4 Å². The van der Waals surface area contributed by atoms with Gasteiger partial charge in [0.15, 0.2) is 0 Å². The Morgan fingerprint density at radius 1 is 1.19 bits per heavy atom. The number of hydrogen-bond acceptors (Lipinski definition) is 5. The molecule has 0 saturated carbocycles. The molecule has 2 heterocycles. The molecule has 0 aliphatic heterocycles. The molecule has 1 aromatic carbocycles. The van der Waals surface area contributed by atoms with E-state index in [1.165, 1.54) is 0 Å². The normalized spacial score (nSPS) is 11.2. The number of benzene rings is 1. The number of fused-ring (bicyclic) bond motifs is 1. The number of para-hydroxylation sites is 1. The molecule has 3 rings (SSSR count). The van der Waals surface area contributed by atoms with Gasteiger partial charge in [-0.2, -0.15) is 0 Å². The number of nitrogens with zero attached hydrogens (tertiary/aromatic N) is 2. The first-order chi connectivity index (χ1) is 10.3. The lowest BCUT2D eigenvalue weighted by atomic mass is 10.1. The summed E-state index contributed by atoms with van der Waals surface area (Å²) in [6, 6.07) is 14.0. The van der Waals surface area contributed by atoms with E-state index in [9.17, 15) is 0 Å². The lowest BCUT2D eigenvalue weighted by molar-refractivity contribution is 0.288. The molecule has 0 atom stereocenters. The molecular weight excluding hydrogens is 264 g/mol. The monoisotopic (exact) mass is 282 g/mol. The molecule has 2 aromatic heterocycles. The number of aromatic nitrogens is 1. The van der Waals surface area contributed by atoms with Gasteiger partial charge in [0.05, 0.1) is 18.3 Å². The highest BCUT2D eigenvalue weighted by atomic mass is 16.3. The second-order valence-electron chi connectivity index (χ2n) is 5.08. The molecule has 0 bridgehead atoms. The Morgan fingerprint density at radius 3 is 2.81 bits per heavy atom. The average molecular weight is 282 g/mol. The van der Waals surface area contributed by atoms with Crippen molar-refractivity contribution in [1.29, 1.82) is 0 Å². The average Bonchev–Trinajstić information content (AvgIpc) is 2.99. The number of pyridine rings is 1. The van der Waals surface area contributed by atoms with Crippen molar-refractivity contribution in [1.82, 2.24) is 9.88 Å². The Bertz CT molecular complexity index is 724. The van der Waals surface area contributed by atoms with Crippen LogP contribution in [0.4, 0.5) is 5.82 Å². The quantitative estimate of drug-likeness (QED) is 0.556. The van der Waals surface area contributed by atoms with Crippen molar-refractivity contribution in [2.24, 2.45) is 5.84 Å². The van der Waals surface area contributed by atoms with Crippen LogP contribution in [-0.2, 0) is 13.1 Å². The van der Waals surface area contributed by atoms with E-state index < -0.39 is 0 Å². The van der Waals surface area contributed by atoms with Gasteiger partial charge in [0.2, 0.25) is 0 Å². The summed E-state index contributed by atoms with van der Waals surface area (Å²) in [7, 11) is 2.04. The van der Waals surface area contributed by atoms with E-state index in [0.717, 1.165) is 35.3 Å². The fraction of sp³-hybridized carbons (Fsp3) is 0.188. The molecule has 0 fully saturated rings. The predicted octanol–water partition coefficient (Wildman–Crippen LogP) is 2.75. The highest BCUT2D eigenvalue weighted by Crippen LogP contribution is 2.21. The van der Waals surface area contributed by atoms with E-state index in [-0.39, 0.29) is 0 Å². The van der Waals surface area contributed by atoms with Gasteiger partial charge in [-0.05, 0) is 31.3 Å². The fourth-order valence-electron chi connectivity index (χ4n) is 2.42. The Morgan fingerprint density at radius 2 is 2.05 bits per heavy atom. The van der Waals surface area contributed by atoms with Gasteiger partial charge >= 0.3 is 0 Å². The topological polar surface area (TPSA) is 67.3 Å². The summed E-state index contributed by atoms with van der Waals surface area (Å²) >= 11 is 0.